The maximum Gasteiger partial charge on any atom is 0.317 e. The van der Waals surface area contributed by atoms with Gasteiger partial charge in [0.15, 0.2) is 0 Å². The SMILES string of the molecule is CCCCCCCC(C)(CCCCC)N1CCNC1=O. The van der Waals surface area contributed by atoms with Gasteiger partial charge >= 0.3 is 6.03 Å². The lowest BCUT2D eigenvalue weighted by Gasteiger charge is -2.38. The van der Waals surface area contributed by atoms with Gasteiger partial charge in [-0.3, -0.25) is 0 Å². The summed E-state index contributed by atoms with van der Waals surface area (Å²) in [7, 11) is 0. The van der Waals surface area contributed by atoms with Crippen LogP contribution in [0.5, 0.6) is 0 Å². The number of nitrogens with one attached hydrogen (secondary N) is 1. The van der Waals surface area contributed by atoms with Gasteiger partial charge in [-0.2, -0.15) is 0 Å². The molecule has 0 aromatic carbocycles. The number of amides is 2. The molecule has 1 fully saturated rings. The van der Waals surface area contributed by atoms with Gasteiger partial charge in [-0.25, -0.2) is 4.79 Å². The molecule has 3 heteroatoms. The predicted molar refractivity (Wildman–Crippen MR) is 86.0 cm³/mol. The Morgan fingerprint density at radius 3 is 2.10 bits per heavy atom. The fourth-order valence-corrected chi connectivity index (χ4v) is 3.25. The molecule has 3 nitrogen and oxygen atoms in total. The van der Waals surface area contributed by atoms with Gasteiger partial charge in [-0.05, 0) is 19.8 Å². The Labute approximate surface area is 125 Å². The van der Waals surface area contributed by atoms with E-state index < -0.39 is 0 Å². The smallest absolute Gasteiger partial charge is 0.317 e. The fraction of sp³-hybridized carbons (Fsp3) is 0.941. The second kappa shape index (κ2) is 9.25. The topological polar surface area (TPSA) is 32.3 Å². The van der Waals surface area contributed by atoms with Crippen molar-refractivity contribution in [3.63, 3.8) is 0 Å². The van der Waals surface area contributed by atoms with Crippen molar-refractivity contribution >= 4 is 6.03 Å². The summed E-state index contributed by atoms with van der Waals surface area (Å²) in [6, 6.07) is 0.151. The second-order valence-electron chi connectivity index (χ2n) is 6.50. The Kier molecular flexibility index (Phi) is 8.01. The third kappa shape index (κ3) is 5.34. The van der Waals surface area contributed by atoms with Crippen molar-refractivity contribution in [2.75, 3.05) is 13.1 Å². The van der Waals surface area contributed by atoms with E-state index in [1.54, 1.807) is 0 Å². The van der Waals surface area contributed by atoms with Gasteiger partial charge in [0.05, 0.1) is 0 Å². The van der Waals surface area contributed by atoms with Gasteiger partial charge < -0.3 is 10.2 Å². The minimum atomic E-state index is 0.0714. The normalized spacial score (nSPS) is 18.1. The van der Waals surface area contributed by atoms with Crippen molar-refractivity contribution in [3.05, 3.63) is 0 Å². The zero-order chi connectivity index (χ0) is 14.8. The van der Waals surface area contributed by atoms with Crippen molar-refractivity contribution < 1.29 is 4.79 Å². The van der Waals surface area contributed by atoms with E-state index in [0.29, 0.717) is 0 Å². The van der Waals surface area contributed by atoms with Crippen molar-refractivity contribution in [2.24, 2.45) is 0 Å². The molecular weight excluding hydrogens is 248 g/mol. The van der Waals surface area contributed by atoms with Crippen LogP contribution in [0.1, 0.15) is 85.0 Å². The lowest BCUT2D eigenvalue weighted by Crippen LogP contribution is -2.48. The monoisotopic (exact) mass is 282 g/mol. The zero-order valence-electron chi connectivity index (χ0n) is 13.8. The van der Waals surface area contributed by atoms with Crippen LogP contribution in [0.2, 0.25) is 0 Å². The highest BCUT2D eigenvalue weighted by Crippen LogP contribution is 2.30. The number of unbranched alkanes of at least 4 members (excludes halogenated alkanes) is 6. The maximum absolute atomic E-state index is 12.0. The summed E-state index contributed by atoms with van der Waals surface area (Å²) in [6.07, 6.45) is 12.6. The third-order valence-corrected chi connectivity index (χ3v) is 4.65. The van der Waals surface area contributed by atoms with Crippen molar-refractivity contribution in [3.8, 4) is 0 Å². The highest BCUT2D eigenvalue weighted by molar-refractivity contribution is 5.77. The predicted octanol–water partition coefficient (Wildman–Crippen LogP) is 4.71. The van der Waals surface area contributed by atoms with Gasteiger partial charge in [0.2, 0.25) is 0 Å². The third-order valence-electron chi connectivity index (χ3n) is 4.65. The van der Waals surface area contributed by atoms with Crippen LogP contribution in [0.4, 0.5) is 4.79 Å². The van der Waals surface area contributed by atoms with Crippen LogP contribution in [0.3, 0.4) is 0 Å². The number of rotatable bonds is 11. The molecule has 1 heterocycles. The first kappa shape index (κ1) is 17.3. The van der Waals surface area contributed by atoms with E-state index in [9.17, 15) is 4.79 Å². The molecule has 2 amide bonds. The number of hydrogen-bond donors (Lipinski definition) is 1. The van der Waals surface area contributed by atoms with Crippen LogP contribution >= 0.6 is 0 Å². The Balaban J connectivity index is 2.47. The molecule has 0 saturated carbocycles. The molecule has 1 N–H and O–H groups in total. The summed E-state index contributed by atoms with van der Waals surface area (Å²) in [5.41, 5.74) is 0.0714. The van der Waals surface area contributed by atoms with E-state index >= 15 is 0 Å². The van der Waals surface area contributed by atoms with Crippen LogP contribution < -0.4 is 5.32 Å². The molecule has 0 aromatic rings. The standard InChI is InChI=1S/C17H34N2O/c1-4-6-8-9-11-13-17(3,12-10-7-5-2)19-15-14-18-16(19)20/h4-15H2,1-3H3,(H,18,20). The van der Waals surface area contributed by atoms with Gasteiger partial charge in [0.25, 0.3) is 0 Å². The molecule has 1 unspecified atom stereocenters. The van der Waals surface area contributed by atoms with Crippen LogP contribution in [0, 0.1) is 0 Å². The number of carbonyl (C=O) groups excluding carboxylic acids is 1. The highest BCUT2D eigenvalue weighted by atomic mass is 16.2. The number of hydrogen-bond acceptors (Lipinski definition) is 1. The molecule has 1 saturated heterocycles. The first-order chi connectivity index (χ1) is 9.64. The summed E-state index contributed by atoms with van der Waals surface area (Å²) in [5.74, 6) is 0. The molecule has 0 spiro atoms. The molecule has 0 bridgehead atoms. The Bertz CT molecular complexity index is 280. The zero-order valence-corrected chi connectivity index (χ0v) is 13.8. The quantitative estimate of drug-likeness (QED) is 0.547. The largest absolute Gasteiger partial charge is 0.336 e. The molecule has 0 aromatic heterocycles. The molecule has 1 aliphatic rings. The van der Waals surface area contributed by atoms with Gasteiger partial charge in [-0.1, -0.05) is 65.2 Å². The summed E-state index contributed by atoms with van der Waals surface area (Å²) in [4.78, 5) is 14.1. The Morgan fingerprint density at radius 1 is 1.00 bits per heavy atom. The van der Waals surface area contributed by atoms with Crippen molar-refractivity contribution in [2.45, 2.75) is 90.5 Å². The van der Waals surface area contributed by atoms with Gasteiger partial charge in [-0.15, -0.1) is 0 Å². The molecule has 20 heavy (non-hydrogen) atoms. The van der Waals surface area contributed by atoms with Gasteiger partial charge in [0.1, 0.15) is 0 Å². The van der Waals surface area contributed by atoms with Crippen LogP contribution in [-0.2, 0) is 0 Å². The summed E-state index contributed by atoms with van der Waals surface area (Å²) in [5, 5.41) is 2.96. The lowest BCUT2D eigenvalue weighted by molar-refractivity contribution is 0.126. The molecular formula is C17H34N2O. The molecule has 1 atom stereocenters. The first-order valence-corrected chi connectivity index (χ1v) is 8.69. The summed E-state index contributed by atoms with van der Waals surface area (Å²) < 4.78 is 0. The van der Waals surface area contributed by atoms with Crippen molar-refractivity contribution in [1.82, 2.24) is 10.2 Å². The van der Waals surface area contributed by atoms with Crippen LogP contribution in [-0.4, -0.2) is 29.6 Å². The molecule has 0 radical (unpaired) electrons. The van der Waals surface area contributed by atoms with E-state index in [4.69, 9.17) is 0 Å². The van der Waals surface area contributed by atoms with E-state index in [2.05, 4.69) is 31.0 Å². The highest BCUT2D eigenvalue weighted by Gasteiger charge is 2.36. The van der Waals surface area contributed by atoms with Gasteiger partial charge in [0, 0.05) is 18.6 Å². The van der Waals surface area contributed by atoms with Crippen LogP contribution in [0.15, 0.2) is 0 Å². The van der Waals surface area contributed by atoms with E-state index in [-0.39, 0.29) is 11.6 Å². The Morgan fingerprint density at radius 2 is 1.55 bits per heavy atom. The van der Waals surface area contributed by atoms with Crippen molar-refractivity contribution in [1.29, 1.82) is 0 Å². The maximum atomic E-state index is 12.0. The number of carbonyl (C=O) groups is 1. The minimum Gasteiger partial charge on any atom is -0.336 e. The minimum absolute atomic E-state index is 0.0714. The Hall–Kier alpha value is -0.730. The average Bonchev–Trinajstić information content (AvgIpc) is 2.86. The molecule has 0 aliphatic carbocycles. The first-order valence-electron chi connectivity index (χ1n) is 8.69. The molecule has 118 valence electrons. The number of nitrogens with zero attached hydrogens (tertiary/aromatic N) is 1. The summed E-state index contributed by atoms with van der Waals surface area (Å²) in [6.45, 7) is 8.50. The lowest BCUT2D eigenvalue weighted by atomic mass is 9.86. The van der Waals surface area contributed by atoms with E-state index in [1.807, 2.05) is 0 Å². The average molecular weight is 282 g/mol. The molecule has 1 rings (SSSR count). The summed E-state index contributed by atoms with van der Waals surface area (Å²) >= 11 is 0. The van der Waals surface area contributed by atoms with E-state index in [1.165, 1.54) is 51.4 Å². The second-order valence-corrected chi connectivity index (χ2v) is 6.50. The van der Waals surface area contributed by atoms with Crippen LogP contribution in [0.25, 0.3) is 0 Å². The fourth-order valence-electron chi connectivity index (χ4n) is 3.25. The number of urea groups is 1. The molecule has 1 aliphatic heterocycles. The van der Waals surface area contributed by atoms with E-state index in [0.717, 1.165) is 25.9 Å².